The molecule has 96 valence electrons. The van der Waals surface area contributed by atoms with Crippen LogP contribution in [-0.4, -0.2) is 18.3 Å². The van der Waals surface area contributed by atoms with E-state index in [4.69, 9.17) is 16.3 Å². The first-order chi connectivity index (χ1) is 8.59. The summed E-state index contributed by atoms with van der Waals surface area (Å²) in [5.41, 5.74) is -1.04. The summed E-state index contributed by atoms with van der Waals surface area (Å²) in [5.74, 6) is -0.563. The predicted octanol–water partition coefficient (Wildman–Crippen LogP) is 2.83. The first-order valence-corrected chi connectivity index (χ1v) is 6.09. The van der Waals surface area contributed by atoms with E-state index in [2.05, 4.69) is 6.07 Å². The van der Waals surface area contributed by atoms with Gasteiger partial charge in [-0.3, -0.25) is 0 Å². The minimum absolute atomic E-state index is 0.0505. The van der Waals surface area contributed by atoms with Crippen LogP contribution in [0.1, 0.15) is 24.5 Å². The number of aliphatic hydroxyl groups excluding tert-OH is 1. The Balaban J connectivity index is 2.37. The number of benzene rings is 1. The molecule has 0 amide bonds. The summed E-state index contributed by atoms with van der Waals surface area (Å²) >= 11 is 5.80. The molecule has 0 aromatic heterocycles. The summed E-state index contributed by atoms with van der Waals surface area (Å²) < 4.78 is 19.0. The van der Waals surface area contributed by atoms with Gasteiger partial charge in [-0.15, -0.1) is 0 Å². The van der Waals surface area contributed by atoms with Crippen LogP contribution < -0.4 is 0 Å². The van der Waals surface area contributed by atoms with Gasteiger partial charge in [0.05, 0.1) is 12.7 Å². The molecular weight excluding hydrogens is 257 g/mol. The number of halogens is 2. The van der Waals surface area contributed by atoms with Gasteiger partial charge in [-0.2, -0.15) is 5.26 Å². The molecule has 1 aromatic carbocycles. The number of hydrogen-bond donors (Lipinski definition) is 1. The minimum atomic E-state index is -1.23. The van der Waals surface area contributed by atoms with Gasteiger partial charge < -0.3 is 9.84 Å². The Hall–Kier alpha value is -1.15. The van der Waals surface area contributed by atoms with Crippen LogP contribution in [0, 0.1) is 22.6 Å². The second-order valence-corrected chi connectivity index (χ2v) is 4.93. The average Bonchev–Trinajstić information content (AvgIpc) is 2.41. The molecule has 0 spiro atoms. The van der Waals surface area contributed by atoms with Crippen molar-refractivity contribution in [3.05, 3.63) is 34.6 Å². The summed E-state index contributed by atoms with van der Waals surface area (Å²) in [5, 5.41) is 19.9. The van der Waals surface area contributed by atoms with E-state index in [0.29, 0.717) is 24.5 Å². The van der Waals surface area contributed by atoms with Gasteiger partial charge in [0.15, 0.2) is 0 Å². The molecule has 0 aliphatic carbocycles. The molecule has 1 fully saturated rings. The lowest BCUT2D eigenvalue weighted by Crippen LogP contribution is -2.36. The second kappa shape index (κ2) is 5.23. The molecule has 2 rings (SSSR count). The highest BCUT2D eigenvalue weighted by atomic mass is 35.5. The average molecular weight is 270 g/mol. The third-order valence-corrected chi connectivity index (χ3v) is 3.51. The maximum atomic E-state index is 13.7. The van der Waals surface area contributed by atoms with Crippen molar-refractivity contribution in [1.82, 2.24) is 0 Å². The van der Waals surface area contributed by atoms with E-state index in [1.165, 1.54) is 18.2 Å². The SMILES string of the molecule is N#CC1(C(O)c2cc(Cl)ccc2F)CCCOC1. The third kappa shape index (κ3) is 2.35. The van der Waals surface area contributed by atoms with Crippen molar-refractivity contribution < 1.29 is 14.2 Å². The van der Waals surface area contributed by atoms with E-state index >= 15 is 0 Å². The molecule has 18 heavy (non-hydrogen) atoms. The molecule has 1 heterocycles. The summed E-state index contributed by atoms with van der Waals surface area (Å²) in [4.78, 5) is 0. The maximum Gasteiger partial charge on any atom is 0.129 e. The standard InChI is InChI=1S/C13H13ClFNO2/c14-9-2-3-11(15)10(6-9)12(17)13(7-16)4-1-5-18-8-13/h2-3,6,12,17H,1,4-5,8H2. The number of ether oxygens (including phenoxy) is 1. The third-order valence-electron chi connectivity index (χ3n) is 3.27. The van der Waals surface area contributed by atoms with E-state index in [1.807, 2.05) is 0 Å². The molecule has 0 saturated carbocycles. The number of rotatable bonds is 2. The quantitative estimate of drug-likeness (QED) is 0.898. The van der Waals surface area contributed by atoms with Crippen molar-refractivity contribution >= 4 is 11.6 Å². The van der Waals surface area contributed by atoms with E-state index in [1.54, 1.807) is 0 Å². The molecule has 3 nitrogen and oxygen atoms in total. The van der Waals surface area contributed by atoms with Gasteiger partial charge in [0.1, 0.15) is 17.3 Å². The van der Waals surface area contributed by atoms with Crippen LogP contribution in [0.15, 0.2) is 18.2 Å². The number of hydrogen-bond acceptors (Lipinski definition) is 3. The molecule has 1 N–H and O–H groups in total. The molecule has 5 heteroatoms. The molecule has 2 unspecified atom stereocenters. The summed E-state index contributed by atoms with van der Waals surface area (Å²) in [6.07, 6.45) is -0.0785. The molecule has 1 aliphatic heterocycles. The Morgan fingerprint density at radius 2 is 2.33 bits per heavy atom. The summed E-state index contributed by atoms with van der Waals surface area (Å²) in [7, 11) is 0. The Labute approximate surface area is 110 Å². The maximum absolute atomic E-state index is 13.7. The normalized spacial score (nSPS) is 25.4. The molecule has 2 atom stereocenters. The fourth-order valence-corrected chi connectivity index (χ4v) is 2.38. The highest BCUT2D eigenvalue weighted by Gasteiger charge is 2.42. The Morgan fingerprint density at radius 3 is 2.94 bits per heavy atom. The fourth-order valence-electron chi connectivity index (χ4n) is 2.20. The molecule has 1 saturated heterocycles. The zero-order chi connectivity index (χ0) is 13.2. The van der Waals surface area contributed by atoms with Crippen LogP contribution in [0.3, 0.4) is 0 Å². The van der Waals surface area contributed by atoms with Crippen LogP contribution in [-0.2, 0) is 4.74 Å². The number of nitrogens with zero attached hydrogens (tertiary/aromatic N) is 1. The lowest BCUT2D eigenvalue weighted by Gasteiger charge is -2.35. The van der Waals surface area contributed by atoms with Crippen molar-refractivity contribution in [1.29, 1.82) is 5.26 Å². The molecule has 0 bridgehead atoms. The van der Waals surface area contributed by atoms with Gasteiger partial charge in [-0.1, -0.05) is 11.6 Å². The predicted molar refractivity (Wildman–Crippen MR) is 64.5 cm³/mol. The van der Waals surface area contributed by atoms with Crippen molar-refractivity contribution in [2.24, 2.45) is 5.41 Å². The van der Waals surface area contributed by atoms with Crippen molar-refractivity contribution in [2.45, 2.75) is 18.9 Å². The molecule has 1 aromatic rings. The lowest BCUT2D eigenvalue weighted by atomic mass is 9.76. The first kappa shape index (κ1) is 13.3. The van der Waals surface area contributed by atoms with E-state index in [9.17, 15) is 14.8 Å². The first-order valence-electron chi connectivity index (χ1n) is 5.71. The Bertz CT molecular complexity index is 480. The highest BCUT2D eigenvalue weighted by Crippen LogP contribution is 2.41. The fraction of sp³-hybridized carbons (Fsp3) is 0.462. The van der Waals surface area contributed by atoms with Gasteiger partial charge in [0, 0.05) is 17.2 Å². The van der Waals surface area contributed by atoms with E-state index in [-0.39, 0.29) is 12.2 Å². The second-order valence-electron chi connectivity index (χ2n) is 4.49. The Morgan fingerprint density at radius 1 is 1.56 bits per heavy atom. The minimum Gasteiger partial charge on any atom is -0.387 e. The van der Waals surface area contributed by atoms with Crippen molar-refractivity contribution in [2.75, 3.05) is 13.2 Å². The molecule has 0 radical (unpaired) electrons. The molecular formula is C13H13ClFNO2. The van der Waals surface area contributed by atoms with Gasteiger partial charge >= 0.3 is 0 Å². The monoisotopic (exact) mass is 269 g/mol. The van der Waals surface area contributed by atoms with Gasteiger partial charge in [-0.05, 0) is 31.0 Å². The van der Waals surface area contributed by atoms with Gasteiger partial charge in [-0.25, -0.2) is 4.39 Å². The molecule has 1 aliphatic rings. The smallest absolute Gasteiger partial charge is 0.129 e. The number of nitriles is 1. The topological polar surface area (TPSA) is 53.2 Å². The van der Waals surface area contributed by atoms with Gasteiger partial charge in [0.2, 0.25) is 0 Å². The number of aliphatic hydroxyl groups is 1. The Kier molecular flexibility index (Phi) is 3.86. The van der Waals surface area contributed by atoms with E-state index in [0.717, 1.165) is 0 Å². The zero-order valence-electron chi connectivity index (χ0n) is 9.70. The zero-order valence-corrected chi connectivity index (χ0v) is 10.5. The van der Waals surface area contributed by atoms with E-state index < -0.39 is 17.3 Å². The summed E-state index contributed by atoms with van der Waals surface area (Å²) in [6, 6.07) is 6.03. The van der Waals surface area contributed by atoms with Crippen LogP contribution in [0.5, 0.6) is 0 Å². The summed E-state index contributed by atoms with van der Waals surface area (Å²) in [6.45, 7) is 0.671. The largest absolute Gasteiger partial charge is 0.387 e. The van der Waals surface area contributed by atoms with Crippen LogP contribution in [0.2, 0.25) is 5.02 Å². The van der Waals surface area contributed by atoms with Gasteiger partial charge in [0.25, 0.3) is 0 Å². The van der Waals surface area contributed by atoms with Crippen LogP contribution >= 0.6 is 11.6 Å². The highest BCUT2D eigenvalue weighted by molar-refractivity contribution is 6.30. The van der Waals surface area contributed by atoms with Crippen molar-refractivity contribution in [3.8, 4) is 6.07 Å². The van der Waals surface area contributed by atoms with Crippen LogP contribution in [0.25, 0.3) is 0 Å². The van der Waals surface area contributed by atoms with Crippen LogP contribution in [0.4, 0.5) is 4.39 Å². The lowest BCUT2D eigenvalue weighted by molar-refractivity contribution is -0.0517. The van der Waals surface area contributed by atoms with Crippen molar-refractivity contribution in [3.63, 3.8) is 0 Å².